The number of aryl methyl sites for hydroxylation is 1. The van der Waals surface area contributed by atoms with Crippen LogP contribution in [-0.4, -0.2) is 28.2 Å². The van der Waals surface area contributed by atoms with Crippen LogP contribution in [0.5, 0.6) is 17.6 Å². The Kier molecular flexibility index (Phi) is 4.05. The molecular weight excluding hydrogens is 284 g/mol. The molecule has 1 aromatic carbocycles. The van der Waals surface area contributed by atoms with Crippen LogP contribution in [0.3, 0.4) is 0 Å². The standard InChI is InChI=1S/C13H11ClN2O4/c1-7-5-8(12(17)18)3-4-10(7)20-11-9(14)6-15-13(16-11)19-2/h3-6H,1-2H3,(H,17,18). The fourth-order valence-corrected chi connectivity index (χ4v) is 1.64. The summed E-state index contributed by atoms with van der Waals surface area (Å²) in [6, 6.07) is 4.62. The normalized spacial score (nSPS) is 10.2. The molecule has 6 nitrogen and oxygen atoms in total. The van der Waals surface area contributed by atoms with E-state index in [4.69, 9.17) is 26.2 Å². The van der Waals surface area contributed by atoms with Crippen molar-refractivity contribution in [3.05, 3.63) is 40.5 Å². The molecule has 0 saturated carbocycles. The summed E-state index contributed by atoms with van der Waals surface area (Å²) in [7, 11) is 1.43. The van der Waals surface area contributed by atoms with Crippen molar-refractivity contribution in [2.45, 2.75) is 6.92 Å². The van der Waals surface area contributed by atoms with E-state index in [1.54, 1.807) is 13.0 Å². The molecule has 0 amide bonds. The van der Waals surface area contributed by atoms with Gasteiger partial charge in [0.15, 0.2) is 0 Å². The first-order valence-corrected chi connectivity index (χ1v) is 5.97. The van der Waals surface area contributed by atoms with E-state index in [1.807, 2.05) is 0 Å². The molecule has 1 N–H and O–H groups in total. The first-order valence-electron chi connectivity index (χ1n) is 5.59. The predicted molar refractivity (Wildman–Crippen MR) is 71.8 cm³/mol. The van der Waals surface area contributed by atoms with E-state index in [9.17, 15) is 4.79 Å². The Morgan fingerprint density at radius 3 is 2.75 bits per heavy atom. The molecule has 0 spiro atoms. The molecule has 0 radical (unpaired) electrons. The van der Waals surface area contributed by atoms with Crippen molar-refractivity contribution >= 4 is 17.6 Å². The summed E-state index contributed by atoms with van der Waals surface area (Å²) in [6.07, 6.45) is 1.36. The second-order valence-corrected chi connectivity index (χ2v) is 4.30. The molecule has 0 aliphatic carbocycles. The Morgan fingerprint density at radius 2 is 2.15 bits per heavy atom. The molecular formula is C13H11ClN2O4. The van der Waals surface area contributed by atoms with E-state index in [-0.39, 0.29) is 22.5 Å². The number of halogens is 1. The minimum absolute atomic E-state index is 0.129. The minimum Gasteiger partial charge on any atom is -0.478 e. The lowest BCUT2D eigenvalue weighted by molar-refractivity contribution is 0.0697. The van der Waals surface area contributed by atoms with Gasteiger partial charge < -0.3 is 14.6 Å². The highest BCUT2D eigenvalue weighted by atomic mass is 35.5. The van der Waals surface area contributed by atoms with Crippen molar-refractivity contribution in [2.75, 3.05) is 7.11 Å². The maximum Gasteiger partial charge on any atom is 0.335 e. The van der Waals surface area contributed by atoms with Crippen molar-refractivity contribution in [3.8, 4) is 17.6 Å². The predicted octanol–water partition coefficient (Wildman–Crippen LogP) is 2.94. The summed E-state index contributed by atoms with van der Waals surface area (Å²) in [6.45, 7) is 1.73. The van der Waals surface area contributed by atoms with E-state index in [0.29, 0.717) is 11.3 Å². The number of rotatable bonds is 4. The van der Waals surface area contributed by atoms with Gasteiger partial charge in [-0.3, -0.25) is 0 Å². The molecule has 104 valence electrons. The number of methoxy groups -OCH3 is 1. The molecule has 7 heteroatoms. The first-order chi connectivity index (χ1) is 9.51. The largest absolute Gasteiger partial charge is 0.478 e. The summed E-state index contributed by atoms with van der Waals surface area (Å²) in [5.41, 5.74) is 0.833. The average molecular weight is 295 g/mol. The van der Waals surface area contributed by atoms with Gasteiger partial charge in [-0.2, -0.15) is 4.98 Å². The zero-order valence-electron chi connectivity index (χ0n) is 10.8. The molecule has 0 unspecified atom stereocenters. The van der Waals surface area contributed by atoms with E-state index in [2.05, 4.69) is 9.97 Å². The Balaban J connectivity index is 2.32. The summed E-state index contributed by atoms with van der Waals surface area (Å²) in [4.78, 5) is 18.7. The molecule has 0 aliphatic heterocycles. The molecule has 1 aromatic heterocycles. The molecule has 0 atom stereocenters. The van der Waals surface area contributed by atoms with Crippen LogP contribution in [0.25, 0.3) is 0 Å². The fourth-order valence-electron chi connectivity index (χ4n) is 1.51. The van der Waals surface area contributed by atoms with Crippen LogP contribution >= 0.6 is 11.6 Å². The third-order valence-electron chi connectivity index (χ3n) is 2.50. The summed E-state index contributed by atoms with van der Waals surface area (Å²) < 4.78 is 10.5. The Morgan fingerprint density at radius 1 is 1.40 bits per heavy atom. The van der Waals surface area contributed by atoms with E-state index in [1.165, 1.54) is 25.4 Å². The highest BCUT2D eigenvalue weighted by Gasteiger charge is 2.11. The van der Waals surface area contributed by atoms with Crippen molar-refractivity contribution in [1.82, 2.24) is 9.97 Å². The topological polar surface area (TPSA) is 81.5 Å². The monoisotopic (exact) mass is 294 g/mol. The van der Waals surface area contributed by atoms with Gasteiger partial charge in [0.1, 0.15) is 10.8 Å². The van der Waals surface area contributed by atoms with Crippen LogP contribution in [0.15, 0.2) is 24.4 Å². The van der Waals surface area contributed by atoms with Crippen LogP contribution < -0.4 is 9.47 Å². The van der Waals surface area contributed by atoms with E-state index >= 15 is 0 Å². The number of hydrogen-bond donors (Lipinski definition) is 1. The number of aromatic carboxylic acids is 1. The van der Waals surface area contributed by atoms with Crippen molar-refractivity contribution in [1.29, 1.82) is 0 Å². The van der Waals surface area contributed by atoms with Crippen LogP contribution in [0, 0.1) is 6.92 Å². The minimum atomic E-state index is -0.999. The summed E-state index contributed by atoms with van der Waals surface area (Å²) >= 11 is 5.94. The quantitative estimate of drug-likeness (QED) is 0.933. The number of carboxylic acid groups (broad SMARTS) is 1. The lowest BCUT2D eigenvalue weighted by Gasteiger charge is -2.10. The summed E-state index contributed by atoms with van der Waals surface area (Å²) in [5.74, 6) is -0.399. The van der Waals surface area contributed by atoms with Crippen molar-refractivity contribution in [3.63, 3.8) is 0 Å². The Labute approximate surface area is 120 Å². The molecule has 0 saturated heterocycles. The van der Waals surface area contributed by atoms with Gasteiger partial charge in [0, 0.05) is 0 Å². The van der Waals surface area contributed by atoms with Gasteiger partial charge >= 0.3 is 12.0 Å². The molecule has 2 rings (SSSR count). The lowest BCUT2D eigenvalue weighted by Crippen LogP contribution is -1.99. The van der Waals surface area contributed by atoms with Gasteiger partial charge in [-0.15, -0.1) is 0 Å². The summed E-state index contributed by atoms with van der Waals surface area (Å²) in [5, 5.41) is 9.13. The van der Waals surface area contributed by atoms with E-state index < -0.39 is 5.97 Å². The van der Waals surface area contributed by atoms with Gasteiger partial charge in [0.25, 0.3) is 0 Å². The number of nitrogens with zero attached hydrogens (tertiary/aromatic N) is 2. The lowest BCUT2D eigenvalue weighted by atomic mass is 10.1. The Bertz CT molecular complexity index is 661. The SMILES string of the molecule is COc1ncc(Cl)c(Oc2ccc(C(=O)O)cc2C)n1. The first kappa shape index (κ1) is 14.1. The van der Waals surface area contributed by atoms with Gasteiger partial charge in [-0.25, -0.2) is 9.78 Å². The molecule has 0 fully saturated rings. The van der Waals surface area contributed by atoms with Gasteiger partial charge in [0.05, 0.1) is 18.9 Å². The fraction of sp³-hybridized carbons (Fsp3) is 0.154. The Hall–Kier alpha value is -2.34. The second-order valence-electron chi connectivity index (χ2n) is 3.90. The second kappa shape index (κ2) is 5.75. The maximum atomic E-state index is 10.9. The third kappa shape index (κ3) is 2.97. The van der Waals surface area contributed by atoms with Crippen LogP contribution in [-0.2, 0) is 0 Å². The maximum absolute atomic E-state index is 10.9. The number of carboxylic acids is 1. The zero-order chi connectivity index (χ0) is 14.7. The molecule has 1 heterocycles. The molecule has 2 aromatic rings. The van der Waals surface area contributed by atoms with Crippen molar-refractivity contribution < 1.29 is 19.4 Å². The molecule has 0 bridgehead atoms. The smallest absolute Gasteiger partial charge is 0.335 e. The molecule has 20 heavy (non-hydrogen) atoms. The van der Waals surface area contributed by atoms with Crippen LogP contribution in [0.2, 0.25) is 5.02 Å². The van der Waals surface area contributed by atoms with Gasteiger partial charge in [-0.1, -0.05) is 11.6 Å². The van der Waals surface area contributed by atoms with Gasteiger partial charge in [0.2, 0.25) is 5.88 Å². The number of hydrogen-bond acceptors (Lipinski definition) is 5. The number of benzene rings is 1. The third-order valence-corrected chi connectivity index (χ3v) is 2.76. The zero-order valence-corrected chi connectivity index (χ0v) is 11.5. The number of aromatic nitrogens is 2. The highest BCUT2D eigenvalue weighted by Crippen LogP contribution is 2.30. The van der Waals surface area contributed by atoms with E-state index in [0.717, 1.165) is 0 Å². The van der Waals surface area contributed by atoms with Crippen molar-refractivity contribution in [2.24, 2.45) is 0 Å². The van der Waals surface area contributed by atoms with Crippen LogP contribution in [0.1, 0.15) is 15.9 Å². The van der Waals surface area contributed by atoms with Crippen LogP contribution in [0.4, 0.5) is 0 Å². The van der Waals surface area contributed by atoms with Gasteiger partial charge in [-0.05, 0) is 30.7 Å². The number of ether oxygens (including phenoxy) is 2. The average Bonchev–Trinajstić information content (AvgIpc) is 2.43. The molecule has 0 aliphatic rings. The highest BCUT2D eigenvalue weighted by molar-refractivity contribution is 6.31. The number of carbonyl (C=O) groups is 1.